The first-order chi connectivity index (χ1) is 22.8. The standard InChI is InChI=1S/C44H28N2/c1-3-15-34-29(10-1)12-7-19-36(34)43-38-17-5-6-18-39(38)44(37-20-8-13-30-11-2-4-16-35(30)37)41-26-31(21-23-40(41)43)32-22-24-42(46-28-32)33-14-9-25-45-27-33/h1-28H. The highest BCUT2D eigenvalue weighted by atomic mass is 14.7. The fourth-order valence-corrected chi connectivity index (χ4v) is 7.07. The van der Waals surface area contributed by atoms with E-state index in [-0.39, 0.29) is 0 Å². The molecule has 0 saturated carbocycles. The van der Waals surface area contributed by atoms with Crippen molar-refractivity contribution in [2.45, 2.75) is 0 Å². The molecule has 0 radical (unpaired) electrons. The Hall–Kier alpha value is -6.12. The minimum Gasteiger partial charge on any atom is -0.264 e. The maximum absolute atomic E-state index is 4.84. The molecule has 0 aliphatic heterocycles. The molecule has 46 heavy (non-hydrogen) atoms. The van der Waals surface area contributed by atoms with Gasteiger partial charge in [0, 0.05) is 29.7 Å². The van der Waals surface area contributed by atoms with Crippen LogP contribution in [0.25, 0.3) is 87.7 Å². The normalized spacial score (nSPS) is 11.5. The lowest BCUT2D eigenvalue weighted by molar-refractivity contribution is 1.28. The molecule has 7 aromatic carbocycles. The van der Waals surface area contributed by atoms with Gasteiger partial charge in [0.1, 0.15) is 0 Å². The van der Waals surface area contributed by atoms with Crippen molar-refractivity contribution in [3.05, 3.63) is 170 Å². The van der Waals surface area contributed by atoms with Crippen molar-refractivity contribution in [1.29, 1.82) is 0 Å². The van der Waals surface area contributed by atoms with Crippen LogP contribution in [0.3, 0.4) is 0 Å². The monoisotopic (exact) mass is 584 g/mol. The molecule has 0 unspecified atom stereocenters. The molecule has 2 heterocycles. The Morgan fingerprint density at radius 3 is 1.52 bits per heavy atom. The summed E-state index contributed by atoms with van der Waals surface area (Å²) in [6, 6.07) is 54.8. The van der Waals surface area contributed by atoms with E-state index in [9.17, 15) is 0 Å². The Labute approximate surface area is 267 Å². The van der Waals surface area contributed by atoms with Crippen LogP contribution in [0.1, 0.15) is 0 Å². The number of rotatable bonds is 4. The molecule has 0 aliphatic rings. The Bertz CT molecular complexity index is 2560. The first-order valence-corrected chi connectivity index (χ1v) is 15.6. The summed E-state index contributed by atoms with van der Waals surface area (Å²) in [7, 11) is 0. The summed E-state index contributed by atoms with van der Waals surface area (Å²) in [4.78, 5) is 9.11. The molecule has 0 bridgehead atoms. The van der Waals surface area contributed by atoms with E-state index in [1.165, 1.54) is 65.3 Å². The molecular formula is C44H28N2. The zero-order chi connectivity index (χ0) is 30.5. The van der Waals surface area contributed by atoms with Gasteiger partial charge in [-0.1, -0.05) is 127 Å². The second-order valence-corrected chi connectivity index (χ2v) is 11.8. The molecule has 0 N–H and O–H groups in total. The average molecular weight is 585 g/mol. The summed E-state index contributed by atoms with van der Waals surface area (Å²) in [6.07, 6.45) is 5.62. The van der Waals surface area contributed by atoms with Gasteiger partial charge in [0.2, 0.25) is 0 Å². The molecule has 9 rings (SSSR count). The van der Waals surface area contributed by atoms with Crippen LogP contribution in [-0.2, 0) is 0 Å². The highest BCUT2D eigenvalue weighted by molar-refractivity contribution is 6.25. The van der Waals surface area contributed by atoms with Crippen molar-refractivity contribution >= 4 is 43.1 Å². The number of pyridine rings is 2. The molecule has 0 aliphatic carbocycles. The van der Waals surface area contributed by atoms with Gasteiger partial charge < -0.3 is 0 Å². The Morgan fingerprint density at radius 1 is 0.348 bits per heavy atom. The molecule has 0 atom stereocenters. The first-order valence-electron chi connectivity index (χ1n) is 15.6. The second-order valence-electron chi connectivity index (χ2n) is 11.8. The predicted molar refractivity (Wildman–Crippen MR) is 194 cm³/mol. The number of fused-ring (bicyclic) bond motifs is 4. The quantitative estimate of drug-likeness (QED) is 0.192. The molecule has 2 aromatic heterocycles. The van der Waals surface area contributed by atoms with Gasteiger partial charge >= 0.3 is 0 Å². The van der Waals surface area contributed by atoms with Crippen LogP contribution in [0, 0.1) is 0 Å². The molecule has 0 saturated heterocycles. The van der Waals surface area contributed by atoms with Crippen molar-refractivity contribution in [2.75, 3.05) is 0 Å². The van der Waals surface area contributed by atoms with Crippen LogP contribution in [0.5, 0.6) is 0 Å². The summed E-state index contributed by atoms with van der Waals surface area (Å²) in [5.74, 6) is 0. The van der Waals surface area contributed by atoms with Crippen LogP contribution < -0.4 is 0 Å². The summed E-state index contributed by atoms with van der Waals surface area (Å²) in [5.41, 5.74) is 9.16. The maximum Gasteiger partial charge on any atom is 0.0717 e. The van der Waals surface area contributed by atoms with Gasteiger partial charge in [-0.2, -0.15) is 0 Å². The molecule has 2 nitrogen and oxygen atoms in total. The lowest BCUT2D eigenvalue weighted by atomic mass is 9.83. The third kappa shape index (κ3) is 4.27. The van der Waals surface area contributed by atoms with Gasteiger partial charge in [0.05, 0.1) is 5.69 Å². The largest absolute Gasteiger partial charge is 0.264 e. The summed E-state index contributed by atoms with van der Waals surface area (Å²) in [5, 5.41) is 9.96. The van der Waals surface area contributed by atoms with E-state index >= 15 is 0 Å². The van der Waals surface area contributed by atoms with Crippen LogP contribution in [-0.4, -0.2) is 9.97 Å². The average Bonchev–Trinajstić information content (AvgIpc) is 3.14. The highest BCUT2D eigenvalue weighted by Gasteiger charge is 2.20. The van der Waals surface area contributed by atoms with Crippen LogP contribution in [0.15, 0.2) is 170 Å². The number of hydrogen-bond acceptors (Lipinski definition) is 2. The van der Waals surface area contributed by atoms with E-state index < -0.39 is 0 Å². The van der Waals surface area contributed by atoms with Crippen molar-refractivity contribution < 1.29 is 0 Å². The zero-order valence-corrected chi connectivity index (χ0v) is 25.1. The molecule has 214 valence electrons. The Balaban J connectivity index is 1.38. The lowest BCUT2D eigenvalue weighted by Crippen LogP contribution is -1.93. The number of aromatic nitrogens is 2. The van der Waals surface area contributed by atoms with Gasteiger partial charge in [0.25, 0.3) is 0 Å². The van der Waals surface area contributed by atoms with Crippen LogP contribution >= 0.6 is 0 Å². The van der Waals surface area contributed by atoms with Crippen LogP contribution in [0.2, 0.25) is 0 Å². The van der Waals surface area contributed by atoms with Gasteiger partial charge in [-0.25, -0.2) is 0 Å². The SMILES string of the molecule is c1cncc(-c2ccc(-c3ccc4c(-c5cccc6ccccc56)c5ccccc5c(-c5cccc6ccccc56)c4c3)cn2)c1. The molecule has 9 aromatic rings. The first kappa shape index (κ1) is 26.3. The highest BCUT2D eigenvalue weighted by Crippen LogP contribution is 2.47. The number of benzene rings is 7. The van der Waals surface area contributed by atoms with E-state index in [0.29, 0.717) is 0 Å². The smallest absolute Gasteiger partial charge is 0.0717 e. The van der Waals surface area contributed by atoms with E-state index in [0.717, 1.165) is 22.4 Å². The third-order valence-electron chi connectivity index (χ3n) is 9.20. The summed E-state index contributed by atoms with van der Waals surface area (Å²) in [6.45, 7) is 0. The van der Waals surface area contributed by atoms with Gasteiger partial charge in [0.15, 0.2) is 0 Å². The fraction of sp³-hybridized carbons (Fsp3) is 0. The number of nitrogens with zero attached hydrogens (tertiary/aromatic N) is 2. The summed E-state index contributed by atoms with van der Waals surface area (Å²) < 4.78 is 0. The predicted octanol–water partition coefficient (Wildman–Crippen LogP) is 11.8. The van der Waals surface area contributed by atoms with E-state index in [2.05, 4.69) is 145 Å². The third-order valence-corrected chi connectivity index (χ3v) is 9.20. The fourth-order valence-electron chi connectivity index (χ4n) is 7.07. The maximum atomic E-state index is 4.84. The second kappa shape index (κ2) is 10.8. The van der Waals surface area contributed by atoms with Gasteiger partial charge in [-0.15, -0.1) is 0 Å². The Morgan fingerprint density at radius 2 is 0.913 bits per heavy atom. The topological polar surface area (TPSA) is 25.8 Å². The molecular weight excluding hydrogens is 556 g/mol. The number of hydrogen-bond donors (Lipinski definition) is 0. The van der Waals surface area contributed by atoms with E-state index in [1.54, 1.807) is 6.20 Å². The van der Waals surface area contributed by atoms with Crippen molar-refractivity contribution in [1.82, 2.24) is 9.97 Å². The lowest BCUT2D eigenvalue weighted by Gasteiger charge is -2.20. The molecule has 0 fully saturated rings. The molecule has 2 heteroatoms. The van der Waals surface area contributed by atoms with Crippen LogP contribution in [0.4, 0.5) is 0 Å². The van der Waals surface area contributed by atoms with Crippen molar-refractivity contribution in [2.24, 2.45) is 0 Å². The van der Waals surface area contributed by atoms with Gasteiger partial charge in [-0.3, -0.25) is 9.97 Å². The van der Waals surface area contributed by atoms with E-state index in [4.69, 9.17) is 4.98 Å². The molecule has 0 spiro atoms. The van der Waals surface area contributed by atoms with E-state index in [1.807, 2.05) is 24.5 Å². The molecule has 0 amide bonds. The Kier molecular flexibility index (Phi) is 6.17. The van der Waals surface area contributed by atoms with Crippen molar-refractivity contribution in [3.63, 3.8) is 0 Å². The van der Waals surface area contributed by atoms with Crippen molar-refractivity contribution in [3.8, 4) is 44.6 Å². The minimum absolute atomic E-state index is 0.915. The minimum atomic E-state index is 0.915. The summed E-state index contributed by atoms with van der Waals surface area (Å²) >= 11 is 0. The zero-order valence-electron chi connectivity index (χ0n) is 25.1. The van der Waals surface area contributed by atoms with Gasteiger partial charge in [-0.05, 0) is 95.2 Å².